The number of phenolic OH excluding ortho intramolecular Hbond substituents is 2. The number of rotatable bonds is 2. The first-order chi connectivity index (χ1) is 13.6. The fraction of sp³-hybridized carbons (Fsp3) is 0.0417. The Morgan fingerprint density at radius 1 is 0.679 bits per heavy atom. The Morgan fingerprint density at radius 3 is 2.14 bits per heavy atom. The molecule has 0 aliphatic heterocycles. The summed E-state index contributed by atoms with van der Waals surface area (Å²) >= 11 is 0. The number of aromatic hydroxyl groups is 2. The third-order valence-electron chi connectivity index (χ3n) is 5.23. The van der Waals surface area contributed by atoms with Crippen LogP contribution < -0.4 is 0 Å². The van der Waals surface area contributed by atoms with Crippen LogP contribution in [0.3, 0.4) is 0 Å². The van der Waals surface area contributed by atoms with Crippen LogP contribution in [0.5, 0.6) is 11.5 Å². The molecule has 1 aliphatic rings. The summed E-state index contributed by atoms with van der Waals surface area (Å²) in [7, 11) is 0. The number of pyridine rings is 1. The lowest BCUT2D eigenvalue weighted by atomic mass is 9.95. The molecule has 0 bridgehead atoms. The van der Waals surface area contributed by atoms with Crippen LogP contribution in [0.15, 0.2) is 72.8 Å². The highest BCUT2D eigenvalue weighted by molar-refractivity contribution is 5.88. The van der Waals surface area contributed by atoms with Gasteiger partial charge in [-0.2, -0.15) is 0 Å². The standard InChI is InChI=1S/C24H16FNO2/c25-20-9-3-1-7-16(20)21-13-17(14-6-2-4-10-22(14)27)19-12-18-15(24(19)26-21)8-5-11-23(18)28/h1-11,13,27-28H,12H2. The minimum Gasteiger partial charge on any atom is -0.508 e. The van der Waals surface area contributed by atoms with Crippen molar-refractivity contribution in [1.29, 1.82) is 0 Å². The summed E-state index contributed by atoms with van der Waals surface area (Å²) < 4.78 is 14.5. The van der Waals surface area contributed by atoms with Gasteiger partial charge >= 0.3 is 0 Å². The number of aromatic nitrogens is 1. The van der Waals surface area contributed by atoms with E-state index in [1.54, 1.807) is 42.5 Å². The SMILES string of the molecule is Oc1ccccc1-c1cc(-c2ccccc2F)nc2c1Cc1c(O)cccc1-2. The lowest BCUT2D eigenvalue weighted by Gasteiger charge is -2.13. The molecule has 136 valence electrons. The minimum absolute atomic E-state index is 0.149. The summed E-state index contributed by atoms with van der Waals surface area (Å²) in [4.78, 5) is 4.75. The molecule has 1 aromatic heterocycles. The van der Waals surface area contributed by atoms with Crippen molar-refractivity contribution in [2.75, 3.05) is 0 Å². The second-order valence-corrected chi connectivity index (χ2v) is 6.86. The van der Waals surface area contributed by atoms with Gasteiger partial charge in [-0.15, -0.1) is 0 Å². The molecule has 28 heavy (non-hydrogen) atoms. The molecule has 3 aromatic carbocycles. The van der Waals surface area contributed by atoms with Gasteiger partial charge in [-0.05, 0) is 41.5 Å². The average molecular weight is 369 g/mol. The summed E-state index contributed by atoms with van der Waals surface area (Å²) in [5.74, 6) is 0.00838. The summed E-state index contributed by atoms with van der Waals surface area (Å²) in [6.45, 7) is 0. The van der Waals surface area contributed by atoms with Crippen LogP contribution in [0, 0.1) is 5.82 Å². The van der Waals surface area contributed by atoms with Crippen LogP contribution in [-0.2, 0) is 6.42 Å². The molecule has 0 saturated carbocycles. The largest absolute Gasteiger partial charge is 0.508 e. The van der Waals surface area contributed by atoms with Gasteiger partial charge < -0.3 is 10.2 Å². The Kier molecular flexibility index (Phi) is 3.66. The van der Waals surface area contributed by atoms with Crippen molar-refractivity contribution < 1.29 is 14.6 Å². The van der Waals surface area contributed by atoms with Gasteiger partial charge in [0.25, 0.3) is 0 Å². The van der Waals surface area contributed by atoms with Crippen molar-refractivity contribution in [2.24, 2.45) is 0 Å². The topological polar surface area (TPSA) is 53.4 Å². The van der Waals surface area contributed by atoms with Crippen LogP contribution in [0.4, 0.5) is 4.39 Å². The first-order valence-electron chi connectivity index (χ1n) is 9.02. The first-order valence-corrected chi connectivity index (χ1v) is 9.02. The van der Waals surface area contributed by atoms with Crippen molar-refractivity contribution in [3.63, 3.8) is 0 Å². The molecule has 0 saturated heterocycles. The maximum Gasteiger partial charge on any atom is 0.132 e. The predicted octanol–water partition coefficient (Wildman–Crippen LogP) is 5.54. The Hall–Kier alpha value is -3.66. The Bertz CT molecular complexity index is 1230. The molecule has 0 spiro atoms. The molecule has 1 aliphatic carbocycles. The molecule has 0 amide bonds. The van der Waals surface area contributed by atoms with E-state index in [9.17, 15) is 14.6 Å². The molecule has 2 N–H and O–H groups in total. The normalized spacial score (nSPS) is 11.9. The van der Waals surface area contributed by atoms with Gasteiger partial charge in [0.1, 0.15) is 17.3 Å². The number of para-hydroxylation sites is 1. The van der Waals surface area contributed by atoms with Crippen molar-refractivity contribution in [2.45, 2.75) is 6.42 Å². The maximum absolute atomic E-state index is 14.5. The molecule has 3 nitrogen and oxygen atoms in total. The van der Waals surface area contributed by atoms with Gasteiger partial charge in [0.2, 0.25) is 0 Å². The fourth-order valence-electron chi connectivity index (χ4n) is 3.88. The summed E-state index contributed by atoms with van der Waals surface area (Å²) in [5, 5.41) is 20.8. The van der Waals surface area contributed by atoms with Crippen LogP contribution in [-0.4, -0.2) is 15.2 Å². The number of halogens is 1. The monoisotopic (exact) mass is 369 g/mol. The highest BCUT2D eigenvalue weighted by Crippen LogP contribution is 2.46. The number of hydrogen-bond donors (Lipinski definition) is 2. The van der Waals surface area contributed by atoms with Crippen LogP contribution in [0.1, 0.15) is 11.1 Å². The number of nitrogens with zero attached hydrogens (tertiary/aromatic N) is 1. The van der Waals surface area contributed by atoms with Crippen molar-refractivity contribution in [3.8, 4) is 45.1 Å². The average Bonchev–Trinajstić information content (AvgIpc) is 3.08. The van der Waals surface area contributed by atoms with E-state index in [-0.39, 0.29) is 17.3 Å². The lowest BCUT2D eigenvalue weighted by Crippen LogP contribution is -1.96. The smallest absolute Gasteiger partial charge is 0.132 e. The number of benzene rings is 3. The van der Waals surface area contributed by atoms with Crippen molar-refractivity contribution in [1.82, 2.24) is 4.98 Å². The van der Waals surface area contributed by atoms with Gasteiger partial charge in [-0.25, -0.2) is 9.37 Å². The highest BCUT2D eigenvalue weighted by Gasteiger charge is 2.27. The quantitative estimate of drug-likeness (QED) is 0.430. The highest BCUT2D eigenvalue weighted by atomic mass is 19.1. The summed E-state index contributed by atoms with van der Waals surface area (Å²) in [5.41, 5.74) is 5.60. The molecule has 5 rings (SSSR count). The van der Waals surface area contributed by atoms with E-state index < -0.39 is 0 Å². The van der Waals surface area contributed by atoms with E-state index in [0.29, 0.717) is 28.9 Å². The Morgan fingerprint density at radius 2 is 1.36 bits per heavy atom. The molecule has 0 fully saturated rings. The second kappa shape index (κ2) is 6.20. The Balaban J connectivity index is 1.84. The van der Waals surface area contributed by atoms with Crippen molar-refractivity contribution >= 4 is 0 Å². The van der Waals surface area contributed by atoms with Crippen LogP contribution in [0.25, 0.3) is 33.6 Å². The zero-order valence-electron chi connectivity index (χ0n) is 14.9. The fourth-order valence-corrected chi connectivity index (χ4v) is 3.88. The van der Waals surface area contributed by atoms with E-state index in [1.165, 1.54) is 6.07 Å². The third-order valence-corrected chi connectivity index (χ3v) is 5.23. The molecular formula is C24H16FNO2. The Labute approximate surface area is 161 Å². The zero-order chi connectivity index (χ0) is 19.3. The minimum atomic E-state index is -0.354. The number of fused-ring (bicyclic) bond motifs is 3. The molecule has 0 atom stereocenters. The van der Waals surface area contributed by atoms with Gasteiger partial charge in [0, 0.05) is 28.7 Å². The van der Waals surface area contributed by atoms with Crippen LogP contribution >= 0.6 is 0 Å². The van der Waals surface area contributed by atoms with Gasteiger partial charge in [0.05, 0.1) is 11.4 Å². The molecule has 0 unspecified atom stereocenters. The van der Waals surface area contributed by atoms with E-state index in [1.807, 2.05) is 24.3 Å². The molecule has 1 heterocycles. The predicted molar refractivity (Wildman–Crippen MR) is 107 cm³/mol. The second-order valence-electron chi connectivity index (χ2n) is 6.86. The van der Waals surface area contributed by atoms with Crippen molar-refractivity contribution in [3.05, 3.63) is 89.7 Å². The van der Waals surface area contributed by atoms with E-state index in [4.69, 9.17) is 4.98 Å². The van der Waals surface area contributed by atoms with Gasteiger partial charge in [0.15, 0.2) is 0 Å². The third kappa shape index (κ3) is 2.46. The maximum atomic E-state index is 14.5. The molecule has 0 radical (unpaired) electrons. The zero-order valence-corrected chi connectivity index (χ0v) is 14.9. The van der Waals surface area contributed by atoms with E-state index in [0.717, 1.165) is 22.3 Å². The summed E-state index contributed by atoms with van der Waals surface area (Å²) in [6.07, 6.45) is 0.506. The lowest BCUT2D eigenvalue weighted by molar-refractivity contribution is 0.470. The van der Waals surface area contributed by atoms with Gasteiger partial charge in [-0.1, -0.05) is 42.5 Å². The van der Waals surface area contributed by atoms with E-state index in [2.05, 4.69) is 0 Å². The number of phenols is 2. The first kappa shape index (κ1) is 16.5. The summed E-state index contributed by atoms with van der Waals surface area (Å²) in [6, 6.07) is 20.7. The molecule has 4 heteroatoms. The molecule has 4 aromatic rings. The van der Waals surface area contributed by atoms with Gasteiger partial charge in [-0.3, -0.25) is 0 Å². The van der Waals surface area contributed by atoms with Crippen LogP contribution in [0.2, 0.25) is 0 Å². The molecular weight excluding hydrogens is 353 g/mol. The number of hydrogen-bond acceptors (Lipinski definition) is 3. The van der Waals surface area contributed by atoms with E-state index >= 15 is 0 Å².